The summed E-state index contributed by atoms with van der Waals surface area (Å²) in [5.41, 5.74) is 2.42. The molecule has 0 saturated carbocycles. The van der Waals surface area contributed by atoms with Gasteiger partial charge in [0, 0.05) is 36.4 Å². The van der Waals surface area contributed by atoms with E-state index in [4.69, 9.17) is 9.47 Å². The fourth-order valence-electron chi connectivity index (χ4n) is 6.50. The summed E-state index contributed by atoms with van der Waals surface area (Å²) in [5, 5.41) is 0.840. The predicted octanol–water partition coefficient (Wildman–Crippen LogP) is 4.32. The van der Waals surface area contributed by atoms with E-state index in [9.17, 15) is 18.0 Å². The molecule has 38 heavy (non-hydrogen) atoms. The Bertz CT molecular complexity index is 1330. The van der Waals surface area contributed by atoms with Gasteiger partial charge in [0.05, 0.1) is 11.3 Å². The standard InChI is InChI=1S/C29H40N2O6S/c1-5-38(34,35)31-24-10-8-20(19-12-15-36-16-13-19)17-22(24)23-18-21(9-11-25(23)31)27(32)30-14-6-7-26(30)28(33)37-29(2,3)4/h9,11,18-20,26H,5-8,10,12-17H2,1-4H3. The zero-order valence-corrected chi connectivity index (χ0v) is 23.8. The topological polar surface area (TPSA) is 94.9 Å². The first-order chi connectivity index (χ1) is 18.0. The van der Waals surface area contributed by atoms with Gasteiger partial charge in [0.25, 0.3) is 5.91 Å². The van der Waals surface area contributed by atoms with Crippen molar-refractivity contribution in [2.24, 2.45) is 11.8 Å². The molecule has 0 bridgehead atoms. The van der Waals surface area contributed by atoms with E-state index in [0.29, 0.717) is 42.3 Å². The van der Waals surface area contributed by atoms with Crippen LogP contribution in [0.1, 0.15) is 81.4 Å². The average molecular weight is 545 g/mol. The molecule has 5 rings (SSSR count). The fraction of sp³-hybridized carbons (Fsp3) is 0.655. The number of hydrogen-bond donors (Lipinski definition) is 0. The Hall–Kier alpha value is -2.39. The molecule has 2 saturated heterocycles. The highest BCUT2D eigenvalue weighted by molar-refractivity contribution is 7.90. The van der Waals surface area contributed by atoms with Crippen molar-refractivity contribution in [3.05, 3.63) is 35.0 Å². The number of rotatable bonds is 5. The minimum absolute atomic E-state index is 0.0125. The third kappa shape index (κ3) is 5.11. The maximum atomic E-state index is 13.7. The van der Waals surface area contributed by atoms with Crippen LogP contribution in [-0.4, -0.2) is 66.3 Å². The van der Waals surface area contributed by atoms with E-state index < -0.39 is 21.7 Å². The van der Waals surface area contributed by atoms with E-state index in [1.165, 1.54) is 3.97 Å². The van der Waals surface area contributed by atoms with Crippen LogP contribution < -0.4 is 0 Å². The molecule has 0 N–H and O–H groups in total. The second kappa shape index (κ2) is 10.3. The van der Waals surface area contributed by atoms with Crippen LogP contribution in [0.2, 0.25) is 0 Å². The lowest BCUT2D eigenvalue weighted by Crippen LogP contribution is -2.43. The maximum Gasteiger partial charge on any atom is 0.329 e. The SMILES string of the molecule is CCS(=O)(=O)n1c2c(c3cc(C(=O)N4CCCC4C(=O)OC(C)(C)C)ccc31)CC(C1CCOCC1)CC2. The summed E-state index contributed by atoms with van der Waals surface area (Å²) < 4.78 is 39.1. The van der Waals surface area contributed by atoms with Crippen molar-refractivity contribution in [1.82, 2.24) is 8.87 Å². The van der Waals surface area contributed by atoms with E-state index in [2.05, 4.69) is 0 Å². The fourth-order valence-corrected chi connectivity index (χ4v) is 7.76. The van der Waals surface area contributed by atoms with Gasteiger partial charge in [-0.05, 0) is 108 Å². The van der Waals surface area contributed by atoms with Gasteiger partial charge in [-0.25, -0.2) is 17.2 Å². The minimum atomic E-state index is -3.51. The lowest BCUT2D eigenvalue weighted by atomic mass is 9.75. The van der Waals surface area contributed by atoms with Crippen LogP contribution >= 0.6 is 0 Å². The lowest BCUT2D eigenvalue weighted by Gasteiger charge is -2.33. The Balaban J connectivity index is 1.52. The molecule has 3 aliphatic rings. The number of esters is 1. The molecule has 1 aromatic heterocycles. The number of amides is 1. The van der Waals surface area contributed by atoms with E-state index >= 15 is 0 Å². The quantitative estimate of drug-likeness (QED) is 0.521. The summed E-state index contributed by atoms with van der Waals surface area (Å²) in [6, 6.07) is 4.73. The highest BCUT2D eigenvalue weighted by atomic mass is 32.2. The van der Waals surface area contributed by atoms with Crippen molar-refractivity contribution in [3.63, 3.8) is 0 Å². The number of aromatic nitrogens is 1. The molecule has 1 aliphatic carbocycles. The minimum Gasteiger partial charge on any atom is -0.458 e. The van der Waals surface area contributed by atoms with Crippen LogP contribution in [-0.2, 0) is 37.1 Å². The Labute approximate surface area is 225 Å². The molecule has 2 aliphatic heterocycles. The zero-order valence-electron chi connectivity index (χ0n) is 23.0. The Morgan fingerprint density at radius 2 is 1.82 bits per heavy atom. The Morgan fingerprint density at radius 3 is 2.50 bits per heavy atom. The van der Waals surface area contributed by atoms with Gasteiger partial charge < -0.3 is 14.4 Å². The highest BCUT2D eigenvalue weighted by Crippen LogP contribution is 2.40. The zero-order chi connectivity index (χ0) is 27.2. The number of carbonyl (C=O) groups is 2. The summed E-state index contributed by atoms with van der Waals surface area (Å²) in [6.07, 6.45) is 5.88. The van der Waals surface area contributed by atoms with E-state index in [1.54, 1.807) is 24.0 Å². The number of ether oxygens (including phenoxy) is 2. The second-order valence-corrected chi connectivity index (χ2v) is 14.1. The van der Waals surface area contributed by atoms with Gasteiger partial charge in [0.2, 0.25) is 10.0 Å². The van der Waals surface area contributed by atoms with Crippen LogP contribution in [0.25, 0.3) is 10.9 Å². The summed E-state index contributed by atoms with van der Waals surface area (Å²) in [5.74, 6) is 0.475. The van der Waals surface area contributed by atoms with Gasteiger partial charge in [-0.15, -0.1) is 0 Å². The molecule has 1 amide bonds. The lowest BCUT2D eigenvalue weighted by molar-refractivity contribution is -0.159. The summed E-state index contributed by atoms with van der Waals surface area (Å²) in [7, 11) is -3.51. The van der Waals surface area contributed by atoms with Gasteiger partial charge >= 0.3 is 5.97 Å². The van der Waals surface area contributed by atoms with Crippen molar-refractivity contribution in [3.8, 4) is 0 Å². The number of nitrogens with zero attached hydrogens (tertiary/aromatic N) is 2. The first-order valence-electron chi connectivity index (χ1n) is 14.0. The third-order valence-electron chi connectivity index (χ3n) is 8.37. The molecule has 0 radical (unpaired) electrons. The van der Waals surface area contributed by atoms with Crippen LogP contribution in [0.15, 0.2) is 18.2 Å². The van der Waals surface area contributed by atoms with E-state index in [-0.39, 0.29) is 17.6 Å². The van der Waals surface area contributed by atoms with Gasteiger partial charge in [-0.3, -0.25) is 4.79 Å². The number of benzene rings is 1. The number of hydrogen-bond acceptors (Lipinski definition) is 6. The third-order valence-corrected chi connectivity index (χ3v) is 10.1. The van der Waals surface area contributed by atoms with Crippen molar-refractivity contribution in [2.45, 2.75) is 84.3 Å². The summed E-state index contributed by atoms with van der Waals surface area (Å²) in [6.45, 7) is 9.21. The molecule has 208 valence electrons. The summed E-state index contributed by atoms with van der Waals surface area (Å²) in [4.78, 5) is 28.2. The molecule has 9 heteroatoms. The molecule has 8 nitrogen and oxygen atoms in total. The number of likely N-dealkylation sites (tertiary alicyclic amines) is 1. The molecule has 0 spiro atoms. The number of carbonyl (C=O) groups excluding carboxylic acids is 2. The smallest absolute Gasteiger partial charge is 0.329 e. The molecular weight excluding hydrogens is 504 g/mol. The van der Waals surface area contributed by atoms with Crippen molar-refractivity contribution in [1.29, 1.82) is 0 Å². The Morgan fingerprint density at radius 1 is 1.08 bits per heavy atom. The number of fused-ring (bicyclic) bond motifs is 3. The van der Waals surface area contributed by atoms with Gasteiger partial charge in [0.15, 0.2) is 0 Å². The molecule has 2 unspecified atom stereocenters. The molecule has 2 aromatic rings. The average Bonchev–Trinajstić information content (AvgIpc) is 3.50. The van der Waals surface area contributed by atoms with Crippen molar-refractivity contribution >= 4 is 32.8 Å². The van der Waals surface area contributed by atoms with Crippen LogP contribution in [0.4, 0.5) is 0 Å². The normalized spacial score (nSPS) is 23.0. The predicted molar refractivity (Wildman–Crippen MR) is 146 cm³/mol. The first kappa shape index (κ1) is 27.2. The van der Waals surface area contributed by atoms with Crippen molar-refractivity contribution < 1.29 is 27.5 Å². The van der Waals surface area contributed by atoms with Gasteiger partial charge in [-0.2, -0.15) is 0 Å². The first-order valence-corrected chi connectivity index (χ1v) is 15.6. The monoisotopic (exact) mass is 544 g/mol. The molecule has 1 aromatic carbocycles. The Kier molecular flexibility index (Phi) is 7.37. The van der Waals surface area contributed by atoms with Crippen LogP contribution in [0.3, 0.4) is 0 Å². The second-order valence-electron chi connectivity index (χ2n) is 12.0. The van der Waals surface area contributed by atoms with E-state index in [0.717, 1.165) is 62.0 Å². The van der Waals surface area contributed by atoms with Gasteiger partial charge in [0.1, 0.15) is 11.6 Å². The van der Waals surface area contributed by atoms with E-state index in [1.807, 2.05) is 26.8 Å². The van der Waals surface area contributed by atoms with Gasteiger partial charge in [-0.1, -0.05) is 0 Å². The molecular formula is C29H40N2O6S. The summed E-state index contributed by atoms with van der Waals surface area (Å²) >= 11 is 0. The maximum absolute atomic E-state index is 13.7. The molecule has 2 atom stereocenters. The van der Waals surface area contributed by atoms with Crippen molar-refractivity contribution in [2.75, 3.05) is 25.5 Å². The largest absolute Gasteiger partial charge is 0.458 e. The van der Waals surface area contributed by atoms with Crippen LogP contribution in [0.5, 0.6) is 0 Å². The highest BCUT2D eigenvalue weighted by Gasteiger charge is 2.38. The van der Waals surface area contributed by atoms with Crippen LogP contribution in [0, 0.1) is 11.8 Å². The molecule has 2 fully saturated rings. The molecule has 3 heterocycles.